The van der Waals surface area contributed by atoms with Crippen LogP contribution in [0, 0.1) is 0 Å². The van der Waals surface area contributed by atoms with Crippen molar-refractivity contribution in [2.24, 2.45) is 0 Å². The second-order valence-corrected chi connectivity index (χ2v) is 15.2. The number of aliphatic hydroxyl groups excluding tert-OH is 2. The van der Waals surface area contributed by atoms with Crippen LogP contribution in [0.5, 0.6) is 0 Å². The molecule has 3 atom stereocenters. The SMILES string of the molecule is CCCCC/C=C/C/C=C/C/C=C/C/C=C/CCCC(=O)O[C@H](COC(=O)/C=C/C=C/CCCCCCCCCCCCC)COP(=O)(O)OC[C@@H](O)CO. The zero-order chi connectivity index (χ0) is 40.5. The fourth-order valence-corrected chi connectivity index (χ4v) is 5.98. The fraction of sp³-hybridized carbons (Fsp3) is 0.682. The van der Waals surface area contributed by atoms with Gasteiger partial charge >= 0.3 is 19.8 Å². The Bertz CT molecular complexity index is 1140. The van der Waals surface area contributed by atoms with Gasteiger partial charge in [-0.3, -0.25) is 13.8 Å². The van der Waals surface area contributed by atoms with Gasteiger partial charge in [0.25, 0.3) is 0 Å². The van der Waals surface area contributed by atoms with E-state index >= 15 is 0 Å². The Labute approximate surface area is 333 Å². The van der Waals surface area contributed by atoms with E-state index in [0.29, 0.717) is 12.8 Å². The molecule has 0 heterocycles. The van der Waals surface area contributed by atoms with E-state index in [-0.39, 0.29) is 6.42 Å². The zero-order valence-corrected chi connectivity index (χ0v) is 35.0. The van der Waals surface area contributed by atoms with Crippen molar-refractivity contribution in [1.82, 2.24) is 0 Å². The molecule has 1 unspecified atom stereocenters. The molecule has 0 bridgehead atoms. The molecule has 0 aliphatic carbocycles. The summed E-state index contributed by atoms with van der Waals surface area (Å²) in [6, 6.07) is 0. The summed E-state index contributed by atoms with van der Waals surface area (Å²) >= 11 is 0. The normalized spacial score (nSPS) is 14.6. The summed E-state index contributed by atoms with van der Waals surface area (Å²) < 4.78 is 32.4. The van der Waals surface area contributed by atoms with Gasteiger partial charge in [-0.1, -0.05) is 158 Å². The fourth-order valence-electron chi connectivity index (χ4n) is 5.19. The van der Waals surface area contributed by atoms with Crippen molar-refractivity contribution in [3.63, 3.8) is 0 Å². The van der Waals surface area contributed by atoms with Gasteiger partial charge in [0, 0.05) is 12.5 Å². The van der Waals surface area contributed by atoms with Gasteiger partial charge in [-0.2, -0.15) is 0 Å². The van der Waals surface area contributed by atoms with E-state index in [4.69, 9.17) is 19.1 Å². The number of carbonyl (C=O) groups is 2. The van der Waals surface area contributed by atoms with Crippen LogP contribution in [-0.2, 0) is 32.7 Å². The topological polar surface area (TPSA) is 149 Å². The molecule has 0 rings (SSSR count). The number of phosphoric ester groups is 1. The Kier molecular flexibility index (Phi) is 37.8. The van der Waals surface area contributed by atoms with Crippen LogP contribution in [0.2, 0.25) is 0 Å². The van der Waals surface area contributed by atoms with Crippen molar-refractivity contribution < 1.29 is 47.8 Å². The van der Waals surface area contributed by atoms with Crippen molar-refractivity contribution in [3.8, 4) is 0 Å². The lowest BCUT2D eigenvalue weighted by Crippen LogP contribution is -2.29. The van der Waals surface area contributed by atoms with Gasteiger partial charge < -0.3 is 24.6 Å². The molecule has 0 aromatic carbocycles. The van der Waals surface area contributed by atoms with E-state index in [1.54, 1.807) is 12.2 Å². The van der Waals surface area contributed by atoms with E-state index in [1.165, 1.54) is 89.5 Å². The Morgan fingerprint density at radius 1 is 0.600 bits per heavy atom. The number of ether oxygens (including phenoxy) is 2. The molecule has 3 N–H and O–H groups in total. The summed E-state index contributed by atoms with van der Waals surface area (Å²) in [6.07, 6.45) is 45.1. The third-order valence-corrected chi connectivity index (χ3v) is 9.39. The first-order valence-electron chi connectivity index (χ1n) is 20.9. The van der Waals surface area contributed by atoms with E-state index in [0.717, 1.165) is 38.5 Å². The Hall–Kier alpha value is -2.59. The molecule has 0 aromatic heterocycles. The second kappa shape index (κ2) is 39.6. The largest absolute Gasteiger partial charge is 0.472 e. The van der Waals surface area contributed by atoms with E-state index in [1.807, 2.05) is 18.2 Å². The molecule has 0 saturated carbocycles. The Morgan fingerprint density at radius 3 is 1.65 bits per heavy atom. The molecule has 0 saturated heterocycles. The maximum Gasteiger partial charge on any atom is 0.472 e. The number of hydrogen-bond donors (Lipinski definition) is 3. The lowest BCUT2D eigenvalue weighted by Gasteiger charge is -2.20. The summed E-state index contributed by atoms with van der Waals surface area (Å²) in [7, 11) is -4.65. The highest BCUT2D eigenvalue weighted by Crippen LogP contribution is 2.43. The average Bonchev–Trinajstić information content (AvgIpc) is 3.17. The van der Waals surface area contributed by atoms with Gasteiger partial charge in [0.1, 0.15) is 12.7 Å². The Balaban J connectivity index is 4.54. The van der Waals surface area contributed by atoms with E-state index in [2.05, 4.69) is 54.8 Å². The standard InChI is InChI=1S/C44H75O10P/c1-3-5-7-9-11-13-15-17-19-20-22-24-26-28-30-32-34-36-44(48)54-42(40-53-55(49,50)52-38-41(46)37-45)39-51-43(47)35-33-31-29-27-25-23-21-18-16-14-12-10-8-6-4-2/h11,13,17,19,22,24,28-31,33,35,41-42,45-46H,3-10,12,14-16,18,20-21,23,25-27,32,34,36-40H2,1-2H3,(H,49,50)/b13-11+,19-17+,24-22+,30-28+,31-29+,35-33+/t41-,42+/m0/s1. The van der Waals surface area contributed by atoms with Crippen LogP contribution in [0.1, 0.15) is 155 Å². The molecule has 0 spiro atoms. The number of aliphatic hydroxyl groups is 2. The number of esters is 2. The van der Waals surface area contributed by atoms with Crippen LogP contribution >= 0.6 is 7.82 Å². The summed E-state index contributed by atoms with van der Waals surface area (Å²) in [5.41, 5.74) is 0. The summed E-state index contributed by atoms with van der Waals surface area (Å²) in [5.74, 6) is -1.25. The third-order valence-electron chi connectivity index (χ3n) is 8.44. The summed E-state index contributed by atoms with van der Waals surface area (Å²) in [4.78, 5) is 34.8. The van der Waals surface area contributed by atoms with Crippen LogP contribution in [0.25, 0.3) is 0 Å². The van der Waals surface area contributed by atoms with Gasteiger partial charge in [0.2, 0.25) is 0 Å². The highest BCUT2D eigenvalue weighted by molar-refractivity contribution is 7.47. The maximum absolute atomic E-state index is 12.6. The van der Waals surface area contributed by atoms with Gasteiger partial charge in [-0.25, -0.2) is 9.36 Å². The molecule has 316 valence electrons. The lowest BCUT2D eigenvalue weighted by molar-refractivity contribution is -0.159. The van der Waals surface area contributed by atoms with E-state index < -0.39 is 58.4 Å². The number of carbonyl (C=O) groups excluding carboxylic acids is 2. The first-order valence-corrected chi connectivity index (χ1v) is 22.4. The molecule has 55 heavy (non-hydrogen) atoms. The van der Waals surface area contributed by atoms with Crippen LogP contribution in [0.15, 0.2) is 72.9 Å². The van der Waals surface area contributed by atoms with Crippen molar-refractivity contribution in [2.45, 2.75) is 167 Å². The van der Waals surface area contributed by atoms with Crippen molar-refractivity contribution in [3.05, 3.63) is 72.9 Å². The maximum atomic E-state index is 12.6. The van der Waals surface area contributed by atoms with Gasteiger partial charge in [-0.05, 0) is 57.8 Å². The van der Waals surface area contributed by atoms with Gasteiger partial charge in [0.15, 0.2) is 6.10 Å². The molecule has 0 aliphatic rings. The van der Waals surface area contributed by atoms with Crippen LogP contribution in [-0.4, -0.2) is 65.7 Å². The molecule has 10 nitrogen and oxygen atoms in total. The second-order valence-electron chi connectivity index (χ2n) is 13.7. The molecule has 0 radical (unpaired) electrons. The zero-order valence-electron chi connectivity index (χ0n) is 34.1. The number of unbranched alkanes of at least 4 members (excludes halogenated alkanes) is 15. The molecule has 0 fully saturated rings. The minimum absolute atomic E-state index is 0.0856. The highest BCUT2D eigenvalue weighted by Gasteiger charge is 2.27. The average molecular weight is 795 g/mol. The monoisotopic (exact) mass is 795 g/mol. The first kappa shape index (κ1) is 52.4. The smallest absolute Gasteiger partial charge is 0.458 e. The number of allylic oxidation sites excluding steroid dienone is 11. The van der Waals surface area contributed by atoms with Crippen molar-refractivity contribution in [2.75, 3.05) is 26.4 Å². The summed E-state index contributed by atoms with van der Waals surface area (Å²) in [6.45, 7) is 2.14. The van der Waals surface area contributed by atoms with Crippen molar-refractivity contribution >= 4 is 19.8 Å². The minimum atomic E-state index is -4.65. The predicted molar refractivity (Wildman–Crippen MR) is 223 cm³/mol. The number of hydrogen-bond acceptors (Lipinski definition) is 9. The predicted octanol–water partition coefficient (Wildman–Crippen LogP) is 10.9. The molecule has 0 aliphatic heterocycles. The highest BCUT2D eigenvalue weighted by atomic mass is 31.2. The first-order chi connectivity index (χ1) is 26.7. The van der Waals surface area contributed by atoms with Gasteiger partial charge in [0.05, 0.1) is 19.8 Å². The Morgan fingerprint density at radius 2 is 1.07 bits per heavy atom. The summed E-state index contributed by atoms with van der Waals surface area (Å²) in [5, 5.41) is 18.3. The third kappa shape index (κ3) is 39.4. The van der Waals surface area contributed by atoms with Crippen molar-refractivity contribution in [1.29, 1.82) is 0 Å². The van der Waals surface area contributed by atoms with Crippen LogP contribution in [0.4, 0.5) is 0 Å². The quantitative estimate of drug-likeness (QED) is 0.0138. The number of rotatable bonds is 38. The minimum Gasteiger partial charge on any atom is -0.458 e. The van der Waals surface area contributed by atoms with Crippen LogP contribution in [0.3, 0.4) is 0 Å². The molecule has 0 aromatic rings. The molecular weight excluding hydrogens is 719 g/mol. The van der Waals surface area contributed by atoms with Crippen LogP contribution < -0.4 is 0 Å². The molecule has 0 amide bonds. The van der Waals surface area contributed by atoms with Gasteiger partial charge in [-0.15, -0.1) is 0 Å². The molecular formula is C44H75O10P. The number of phosphoric acid groups is 1. The van der Waals surface area contributed by atoms with E-state index in [9.17, 15) is 24.2 Å². The lowest BCUT2D eigenvalue weighted by atomic mass is 10.1. The molecule has 11 heteroatoms.